The molecule has 0 saturated heterocycles. The zero-order chi connectivity index (χ0) is 22.8. The van der Waals surface area contributed by atoms with Gasteiger partial charge in [-0.2, -0.15) is 5.10 Å². The van der Waals surface area contributed by atoms with Crippen LogP contribution in [0.3, 0.4) is 0 Å². The number of fused-ring (bicyclic) bond motifs is 1. The van der Waals surface area contributed by atoms with Crippen LogP contribution in [0.2, 0.25) is 5.15 Å². The first-order chi connectivity index (χ1) is 15.3. The van der Waals surface area contributed by atoms with E-state index in [0.29, 0.717) is 36.1 Å². The fourth-order valence-electron chi connectivity index (χ4n) is 3.73. The maximum absolute atomic E-state index is 13.3. The Hall–Kier alpha value is -3.06. The maximum atomic E-state index is 13.3. The number of nitrogens with zero attached hydrogens (tertiary/aromatic N) is 2. The Bertz CT molecular complexity index is 1130. The van der Waals surface area contributed by atoms with Gasteiger partial charge in [-0.15, -0.1) is 0 Å². The number of hydrogen-bond acceptors (Lipinski definition) is 4. The number of aromatic nitrogens is 2. The second-order valence-corrected chi connectivity index (χ2v) is 8.45. The predicted octanol–water partition coefficient (Wildman–Crippen LogP) is 5.26. The van der Waals surface area contributed by atoms with Crippen molar-refractivity contribution in [3.8, 4) is 17.2 Å². The molecular formula is C24H25ClFN3O3. The van der Waals surface area contributed by atoms with E-state index in [9.17, 15) is 9.18 Å². The number of nitrogens with one attached hydrogen (secondary N) is 1. The summed E-state index contributed by atoms with van der Waals surface area (Å²) in [6.45, 7) is 6.99. The molecule has 1 aliphatic heterocycles. The van der Waals surface area contributed by atoms with Gasteiger partial charge in [0, 0.05) is 6.42 Å². The number of aryl methyl sites for hydroxylation is 1. The Kier molecular flexibility index (Phi) is 6.37. The summed E-state index contributed by atoms with van der Waals surface area (Å²) in [5.41, 5.74) is 2.26. The van der Waals surface area contributed by atoms with Crippen LogP contribution in [0.15, 0.2) is 42.5 Å². The normalized spacial score (nSPS) is 14.2. The molecule has 4 rings (SSSR count). The van der Waals surface area contributed by atoms with Gasteiger partial charge in [0.25, 0.3) is 5.91 Å². The van der Waals surface area contributed by atoms with Crippen LogP contribution in [0.25, 0.3) is 5.69 Å². The molecule has 1 N–H and O–H groups in total. The summed E-state index contributed by atoms with van der Waals surface area (Å²) >= 11 is 6.53. The van der Waals surface area contributed by atoms with Crippen LogP contribution in [0.1, 0.15) is 47.9 Å². The molecule has 168 valence electrons. The number of benzene rings is 2. The molecule has 1 atom stereocenters. The van der Waals surface area contributed by atoms with Crippen LogP contribution in [-0.2, 0) is 0 Å². The van der Waals surface area contributed by atoms with Gasteiger partial charge >= 0.3 is 0 Å². The number of halogens is 2. The molecule has 2 heterocycles. The monoisotopic (exact) mass is 457 g/mol. The molecular weight excluding hydrogens is 433 g/mol. The Balaban J connectivity index is 1.62. The first-order valence-electron chi connectivity index (χ1n) is 10.6. The zero-order valence-corrected chi connectivity index (χ0v) is 18.9. The van der Waals surface area contributed by atoms with Crippen LogP contribution in [0.5, 0.6) is 11.5 Å². The number of carbonyl (C=O) groups is 1. The molecule has 1 aliphatic rings. The SMILES string of the molecule is Cc1nn(-c2ccc(F)cc2)c(Cl)c1C(=O)N[C@H](c1ccc2c(c1)OCCCO2)C(C)C. The number of rotatable bonds is 5. The molecule has 2 aromatic carbocycles. The summed E-state index contributed by atoms with van der Waals surface area (Å²) in [6.07, 6.45) is 0.824. The molecule has 6 nitrogen and oxygen atoms in total. The summed E-state index contributed by atoms with van der Waals surface area (Å²) in [6, 6.07) is 11.2. The van der Waals surface area contributed by atoms with E-state index in [0.717, 1.165) is 12.0 Å². The van der Waals surface area contributed by atoms with Crippen molar-refractivity contribution in [1.29, 1.82) is 0 Å². The molecule has 1 amide bonds. The topological polar surface area (TPSA) is 65.4 Å². The van der Waals surface area contributed by atoms with Gasteiger partial charge in [-0.25, -0.2) is 9.07 Å². The highest BCUT2D eigenvalue weighted by atomic mass is 35.5. The largest absolute Gasteiger partial charge is 0.490 e. The van der Waals surface area contributed by atoms with E-state index in [1.165, 1.54) is 16.8 Å². The van der Waals surface area contributed by atoms with Gasteiger partial charge in [-0.1, -0.05) is 31.5 Å². The lowest BCUT2D eigenvalue weighted by Crippen LogP contribution is -2.32. The summed E-state index contributed by atoms with van der Waals surface area (Å²) in [5.74, 6) is 0.806. The summed E-state index contributed by atoms with van der Waals surface area (Å²) in [7, 11) is 0. The van der Waals surface area contributed by atoms with E-state index >= 15 is 0 Å². The van der Waals surface area contributed by atoms with Crippen LogP contribution in [-0.4, -0.2) is 28.9 Å². The number of ether oxygens (including phenoxy) is 2. The molecule has 1 aromatic heterocycles. The Morgan fingerprint density at radius 2 is 1.81 bits per heavy atom. The summed E-state index contributed by atoms with van der Waals surface area (Å²) in [4.78, 5) is 13.3. The molecule has 0 unspecified atom stereocenters. The van der Waals surface area contributed by atoms with Crippen molar-refractivity contribution < 1.29 is 18.7 Å². The van der Waals surface area contributed by atoms with Crippen molar-refractivity contribution in [1.82, 2.24) is 15.1 Å². The van der Waals surface area contributed by atoms with E-state index in [1.54, 1.807) is 19.1 Å². The molecule has 0 spiro atoms. The van der Waals surface area contributed by atoms with Gasteiger partial charge in [0.2, 0.25) is 0 Å². The lowest BCUT2D eigenvalue weighted by Gasteiger charge is -2.24. The highest BCUT2D eigenvalue weighted by Gasteiger charge is 2.26. The first-order valence-corrected chi connectivity index (χ1v) is 10.9. The third kappa shape index (κ3) is 4.43. The fourth-order valence-corrected chi connectivity index (χ4v) is 4.09. The van der Waals surface area contributed by atoms with Crippen LogP contribution < -0.4 is 14.8 Å². The third-order valence-electron chi connectivity index (χ3n) is 5.39. The van der Waals surface area contributed by atoms with Crippen molar-refractivity contribution in [2.24, 2.45) is 5.92 Å². The summed E-state index contributed by atoms with van der Waals surface area (Å²) < 4.78 is 26.2. The number of hydrogen-bond donors (Lipinski definition) is 1. The fraction of sp³-hybridized carbons (Fsp3) is 0.333. The molecule has 8 heteroatoms. The molecule has 0 aliphatic carbocycles. The molecule has 0 saturated carbocycles. The van der Waals surface area contributed by atoms with Crippen molar-refractivity contribution in [2.75, 3.05) is 13.2 Å². The standard InChI is InChI=1S/C24H25ClFN3O3/c1-14(2)22(16-5-10-19-20(13-16)32-12-4-11-31-19)27-24(30)21-15(3)28-29(23(21)25)18-8-6-17(26)7-9-18/h5-10,13-14,22H,4,11-12H2,1-3H3,(H,27,30)/t22-/m0/s1. The first kappa shape index (κ1) is 22.1. The molecule has 0 fully saturated rings. The average molecular weight is 458 g/mol. The van der Waals surface area contributed by atoms with Crippen molar-refractivity contribution >= 4 is 17.5 Å². The van der Waals surface area contributed by atoms with E-state index < -0.39 is 0 Å². The second-order valence-electron chi connectivity index (χ2n) is 8.09. The minimum atomic E-state index is -0.360. The minimum absolute atomic E-state index is 0.106. The Morgan fingerprint density at radius 3 is 2.50 bits per heavy atom. The van der Waals surface area contributed by atoms with E-state index in [2.05, 4.69) is 10.4 Å². The van der Waals surface area contributed by atoms with E-state index in [4.69, 9.17) is 21.1 Å². The molecule has 0 radical (unpaired) electrons. The predicted molar refractivity (Wildman–Crippen MR) is 120 cm³/mol. The highest BCUT2D eigenvalue weighted by molar-refractivity contribution is 6.33. The minimum Gasteiger partial charge on any atom is -0.490 e. The quantitative estimate of drug-likeness (QED) is 0.567. The zero-order valence-electron chi connectivity index (χ0n) is 18.2. The number of amides is 1. The number of carbonyl (C=O) groups excluding carboxylic acids is 1. The van der Waals surface area contributed by atoms with Crippen molar-refractivity contribution in [3.63, 3.8) is 0 Å². The lowest BCUT2D eigenvalue weighted by atomic mass is 9.95. The van der Waals surface area contributed by atoms with Gasteiger partial charge < -0.3 is 14.8 Å². The smallest absolute Gasteiger partial charge is 0.256 e. The van der Waals surface area contributed by atoms with Gasteiger partial charge in [0.15, 0.2) is 11.5 Å². The second kappa shape index (κ2) is 9.20. The average Bonchev–Trinajstić information content (AvgIpc) is 2.92. The Morgan fingerprint density at radius 1 is 1.12 bits per heavy atom. The van der Waals surface area contributed by atoms with Crippen LogP contribution in [0.4, 0.5) is 4.39 Å². The van der Waals surface area contributed by atoms with Crippen LogP contribution in [0, 0.1) is 18.7 Å². The maximum Gasteiger partial charge on any atom is 0.256 e. The summed E-state index contributed by atoms with van der Waals surface area (Å²) in [5, 5.41) is 7.66. The van der Waals surface area contributed by atoms with Gasteiger partial charge in [0.05, 0.1) is 36.2 Å². The molecule has 3 aromatic rings. The third-order valence-corrected chi connectivity index (χ3v) is 5.74. The van der Waals surface area contributed by atoms with Gasteiger partial charge in [-0.3, -0.25) is 4.79 Å². The molecule has 32 heavy (non-hydrogen) atoms. The van der Waals surface area contributed by atoms with E-state index in [1.807, 2.05) is 32.0 Å². The highest BCUT2D eigenvalue weighted by Crippen LogP contribution is 2.34. The Labute approximate surface area is 191 Å². The van der Waals surface area contributed by atoms with Gasteiger partial charge in [0.1, 0.15) is 11.0 Å². The van der Waals surface area contributed by atoms with Gasteiger partial charge in [-0.05, 0) is 54.8 Å². The van der Waals surface area contributed by atoms with Crippen molar-refractivity contribution in [2.45, 2.75) is 33.2 Å². The van der Waals surface area contributed by atoms with E-state index in [-0.39, 0.29) is 34.4 Å². The lowest BCUT2D eigenvalue weighted by molar-refractivity contribution is 0.0925. The molecule has 0 bridgehead atoms. The van der Waals surface area contributed by atoms with Crippen LogP contribution >= 0.6 is 11.6 Å². The van der Waals surface area contributed by atoms with Crippen molar-refractivity contribution in [3.05, 3.63) is 70.3 Å².